The van der Waals surface area contributed by atoms with Crippen LogP contribution < -0.4 is 10.5 Å². The smallest absolute Gasteiger partial charge is 0.253 e. The molecule has 3 aromatic rings. The number of ether oxygens (including phenoxy) is 1. The van der Waals surface area contributed by atoms with E-state index < -0.39 is 29.6 Å². The Hall–Kier alpha value is -3.59. The maximum atomic E-state index is 14.0. The summed E-state index contributed by atoms with van der Waals surface area (Å²) in [6, 6.07) is 10.9. The molecule has 2 aliphatic rings. The van der Waals surface area contributed by atoms with E-state index in [0.717, 1.165) is 43.6 Å². The fourth-order valence-electron chi connectivity index (χ4n) is 5.11. The van der Waals surface area contributed by atoms with Crippen LogP contribution in [0.3, 0.4) is 0 Å². The Bertz CT molecular complexity index is 1270. The molecule has 194 valence electrons. The Morgan fingerprint density at radius 1 is 0.946 bits per heavy atom. The van der Waals surface area contributed by atoms with Crippen LogP contribution in [0, 0.1) is 17.5 Å². The number of nitrogens with zero attached hydrogens (tertiary/aromatic N) is 3. The number of benzene rings is 2. The highest BCUT2D eigenvalue weighted by Crippen LogP contribution is 2.29. The lowest BCUT2D eigenvalue weighted by Gasteiger charge is -2.36. The molecule has 0 spiro atoms. The minimum absolute atomic E-state index is 0.0185. The van der Waals surface area contributed by atoms with E-state index in [1.54, 1.807) is 24.4 Å². The van der Waals surface area contributed by atoms with Gasteiger partial charge in [-0.2, -0.15) is 0 Å². The van der Waals surface area contributed by atoms with Crippen LogP contribution in [-0.4, -0.2) is 52.9 Å². The van der Waals surface area contributed by atoms with Gasteiger partial charge in [-0.15, -0.1) is 0 Å². The second-order valence-corrected chi connectivity index (χ2v) is 9.56. The first-order valence-electron chi connectivity index (χ1n) is 12.5. The molecule has 37 heavy (non-hydrogen) atoms. The van der Waals surface area contributed by atoms with E-state index in [0.29, 0.717) is 17.2 Å². The molecule has 2 saturated heterocycles. The van der Waals surface area contributed by atoms with Crippen molar-refractivity contribution in [3.63, 3.8) is 0 Å². The van der Waals surface area contributed by atoms with Gasteiger partial charge in [0.1, 0.15) is 12.4 Å². The summed E-state index contributed by atoms with van der Waals surface area (Å²) in [6.45, 7) is 3.32. The summed E-state index contributed by atoms with van der Waals surface area (Å²) in [7, 11) is 0. The number of carbonyl (C=O) groups excluding carboxylic acids is 1. The number of piperidine rings is 1. The lowest BCUT2D eigenvalue weighted by Crippen LogP contribution is -2.45. The molecule has 0 radical (unpaired) electrons. The highest BCUT2D eigenvalue weighted by Gasteiger charge is 2.28. The van der Waals surface area contributed by atoms with Gasteiger partial charge in [0.2, 0.25) is 0 Å². The largest absolute Gasteiger partial charge is 0.485 e. The van der Waals surface area contributed by atoms with Crippen LogP contribution in [0.1, 0.15) is 41.6 Å². The number of anilines is 1. The lowest BCUT2D eigenvalue weighted by atomic mass is 10.0. The van der Waals surface area contributed by atoms with Crippen molar-refractivity contribution in [1.29, 1.82) is 0 Å². The monoisotopic (exact) mass is 510 g/mol. The molecule has 0 saturated carbocycles. The predicted molar refractivity (Wildman–Crippen MR) is 134 cm³/mol. The maximum Gasteiger partial charge on any atom is 0.253 e. The number of rotatable bonds is 6. The van der Waals surface area contributed by atoms with Crippen LogP contribution in [-0.2, 0) is 6.61 Å². The SMILES string of the molecule is Nc1ncc(-c2ccc(C(=O)N3CCC(N4CCCC4)CC3)cc2)cc1OCc1c(F)ccc(F)c1F. The van der Waals surface area contributed by atoms with Crippen molar-refractivity contribution >= 4 is 11.7 Å². The number of pyridine rings is 1. The van der Waals surface area contributed by atoms with E-state index in [4.69, 9.17) is 10.5 Å². The van der Waals surface area contributed by atoms with Gasteiger partial charge >= 0.3 is 0 Å². The van der Waals surface area contributed by atoms with Crippen molar-refractivity contribution in [2.75, 3.05) is 31.9 Å². The maximum absolute atomic E-state index is 14.0. The standard InChI is InChI=1S/C28H29F3N4O2/c29-23-7-8-24(30)26(31)22(23)17-37-25-15-20(16-33-27(25)32)18-3-5-19(6-4-18)28(36)35-13-9-21(10-14-35)34-11-1-2-12-34/h3-8,15-16,21H,1-2,9-14,17H2,(H2,32,33). The summed E-state index contributed by atoms with van der Waals surface area (Å²) in [6.07, 6.45) is 6.10. The normalized spacial score (nSPS) is 16.8. The zero-order valence-electron chi connectivity index (χ0n) is 20.4. The third-order valence-corrected chi connectivity index (χ3v) is 7.27. The van der Waals surface area contributed by atoms with Gasteiger partial charge < -0.3 is 20.3 Å². The molecule has 6 nitrogen and oxygen atoms in total. The molecule has 0 bridgehead atoms. The number of amides is 1. The molecule has 2 aromatic carbocycles. The van der Waals surface area contributed by atoms with Gasteiger partial charge in [0.25, 0.3) is 5.91 Å². The molecule has 0 unspecified atom stereocenters. The van der Waals surface area contributed by atoms with E-state index in [2.05, 4.69) is 9.88 Å². The highest BCUT2D eigenvalue weighted by molar-refractivity contribution is 5.94. The number of hydrogen-bond acceptors (Lipinski definition) is 5. The Labute approximate surface area is 213 Å². The molecule has 5 rings (SSSR count). The van der Waals surface area contributed by atoms with Gasteiger partial charge in [-0.3, -0.25) is 4.79 Å². The molecule has 1 amide bonds. The van der Waals surface area contributed by atoms with E-state index in [1.165, 1.54) is 25.9 Å². The highest BCUT2D eigenvalue weighted by atomic mass is 19.2. The molecule has 0 aliphatic carbocycles. The molecular weight excluding hydrogens is 481 g/mol. The van der Waals surface area contributed by atoms with Gasteiger partial charge in [0.15, 0.2) is 23.2 Å². The van der Waals surface area contributed by atoms with Crippen LogP contribution in [0.15, 0.2) is 48.7 Å². The fraction of sp³-hybridized carbons (Fsp3) is 0.357. The lowest BCUT2D eigenvalue weighted by molar-refractivity contribution is 0.0644. The van der Waals surface area contributed by atoms with Crippen molar-refractivity contribution in [3.8, 4) is 16.9 Å². The third-order valence-electron chi connectivity index (χ3n) is 7.27. The minimum Gasteiger partial charge on any atom is -0.485 e. The predicted octanol–water partition coefficient (Wildman–Crippen LogP) is 5.03. The van der Waals surface area contributed by atoms with Crippen LogP contribution in [0.2, 0.25) is 0 Å². The summed E-state index contributed by atoms with van der Waals surface area (Å²) < 4.78 is 46.9. The first-order valence-corrected chi connectivity index (χ1v) is 12.5. The van der Waals surface area contributed by atoms with Gasteiger partial charge in [-0.1, -0.05) is 12.1 Å². The Morgan fingerprint density at radius 2 is 1.62 bits per heavy atom. The molecule has 2 fully saturated rings. The quantitative estimate of drug-likeness (QED) is 0.471. The molecule has 3 heterocycles. The summed E-state index contributed by atoms with van der Waals surface area (Å²) in [5.74, 6) is -3.22. The van der Waals surface area contributed by atoms with E-state index >= 15 is 0 Å². The third kappa shape index (κ3) is 5.41. The topological polar surface area (TPSA) is 71.7 Å². The second kappa shape index (κ2) is 10.8. The number of hydrogen-bond donors (Lipinski definition) is 1. The van der Waals surface area contributed by atoms with Crippen LogP contribution in [0.5, 0.6) is 5.75 Å². The zero-order chi connectivity index (χ0) is 25.9. The summed E-state index contributed by atoms with van der Waals surface area (Å²) >= 11 is 0. The van der Waals surface area contributed by atoms with Gasteiger partial charge in [0, 0.05) is 36.5 Å². The minimum atomic E-state index is -1.30. The van der Waals surface area contributed by atoms with Gasteiger partial charge in [-0.25, -0.2) is 18.2 Å². The van der Waals surface area contributed by atoms with Crippen LogP contribution in [0.25, 0.3) is 11.1 Å². The number of aromatic nitrogens is 1. The van der Waals surface area contributed by atoms with Gasteiger partial charge in [0.05, 0.1) is 5.56 Å². The Balaban J connectivity index is 1.24. The molecule has 9 heteroatoms. The average molecular weight is 511 g/mol. The molecule has 1 aromatic heterocycles. The molecular formula is C28H29F3N4O2. The fourth-order valence-corrected chi connectivity index (χ4v) is 5.11. The van der Waals surface area contributed by atoms with Crippen molar-refractivity contribution in [1.82, 2.24) is 14.8 Å². The number of likely N-dealkylation sites (tertiary alicyclic amines) is 2. The number of nitrogens with two attached hydrogens (primary N) is 1. The Morgan fingerprint density at radius 3 is 2.32 bits per heavy atom. The summed E-state index contributed by atoms with van der Waals surface area (Å²) in [5, 5.41) is 0. The first-order chi connectivity index (χ1) is 17.9. The van der Waals surface area contributed by atoms with E-state index in [1.807, 2.05) is 17.0 Å². The van der Waals surface area contributed by atoms with Crippen molar-refractivity contribution in [3.05, 3.63) is 77.2 Å². The summed E-state index contributed by atoms with van der Waals surface area (Å²) in [4.78, 5) is 21.6. The number of halogens is 3. The molecule has 2 aliphatic heterocycles. The molecule has 0 atom stereocenters. The average Bonchev–Trinajstić information content (AvgIpc) is 3.47. The van der Waals surface area contributed by atoms with Gasteiger partial charge in [-0.05, 0) is 74.7 Å². The zero-order valence-corrected chi connectivity index (χ0v) is 20.4. The van der Waals surface area contributed by atoms with Crippen molar-refractivity contribution in [2.45, 2.75) is 38.3 Å². The van der Waals surface area contributed by atoms with Crippen LogP contribution >= 0.6 is 0 Å². The van der Waals surface area contributed by atoms with Crippen LogP contribution in [0.4, 0.5) is 19.0 Å². The second-order valence-electron chi connectivity index (χ2n) is 9.56. The van der Waals surface area contributed by atoms with Crippen molar-refractivity contribution in [2.24, 2.45) is 0 Å². The number of carbonyl (C=O) groups is 1. The summed E-state index contributed by atoms with van der Waals surface area (Å²) in [5.41, 5.74) is 7.38. The Kier molecular flexibility index (Phi) is 7.32. The first kappa shape index (κ1) is 25.1. The van der Waals surface area contributed by atoms with E-state index in [9.17, 15) is 18.0 Å². The molecule has 2 N–H and O–H groups in total. The van der Waals surface area contributed by atoms with Crippen molar-refractivity contribution < 1.29 is 22.7 Å². The number of nitrogen functional groups attached to an aromatic ring is 1. The van der Waals surface area contributed by atoms with E-state index in [-0.39, 0.29) is 17.5 Å².